The fourth-order valence-electron chi connectivity index (χ4n) is 1.30. The van der Waals surface area contributed by atoms with Gasteiger partial charge < -0.3 is 20.4 Å². The highest BCUT2D eigenvalue weighted by molar-refractivity contribution is 9.13. The molecule has 19 heavy (non-hydrogen) atoms. The Hall–Kier alpha value is -1.28. The van der Waals surface area contributed by atoms with E-state index < -0.39 is 5.91 Å². The Morgan fingerprint density at radius 1 is 1.47 bits per heavy atom. The maximum atomic E-state index is 10.8. The van der Waals surface area contributed by atoms with Gasteiger partial charge in [0.05, 0.1) is 17.3 Å². The molecule has 1 rings (SSSR count). The maximum Gasteiger partial charge on any atom is 0.255 e. The third-order valence-electron chi connectivity index (χ3n) is 2.01. The summed E-state index contributed by atoms with van der Waals surface area (Å²) in [5.41, 5.74) is 5.63. The first-order valence-electron chi connectivity index (χ1n) is 5.24. The number of halogens is 2. The highest BCUT2D eigenvalue weighted by atomic mass is 79.9. The minimum absolute atomic E-state index is 0.265. The summed E-state index contributed by atoms with van der Waals surface area (Å²) < 4.78 is 11.9. The third-order valence-corrected chi connectivity index (χ3v) is 4.15. The molecule has 0 aromatic heterocycles. The summed E-state index contributed by atoms with van der Waals surface area (Å²) in [4.78, 5) is 10.8. The van der Waals surface area contributed by atoms with Gasteiger partial charge in [0.2, 0.25) is 0 Å². The first-order chi connectivity index (χ1) is 9.01. The van der Waals surface area contributed by atoms with Gasteiger partial charge in [-0.2, -0.15) is 0 Å². The molecule has 104 valence electrons. The van der Waals surface area contributed by atoms with Crippen LogP contribution in [0.15, 0.2) is 20.2 Å². The lowest BCUT2D eigenvalue weighted by atomic mass is 10.2. The number of oxime groups is 1. The van der Waals surface area contributed by atoms with Crippen LogP contribution in [0.2, 0.25) is 0 Å². The van der Waals surface area contributed by atoms with Crippen LogP contribution in [0.5, 0.6) is 11.5 Å². The number of carbonyl (C=O) groups is 1. The highest BCUT2D eigenvalue weighted by Gasteiger charge is 2.17. The molecule has 0 atom stereocenters. The molecular formula is C11H12Br2N2O4. The molecule has 1 aromatic carbocycles. The number of nitrogens with two attached hydrogens (primary N) is 1. The number of ether oxygens (including phenoxy) is 2. The lowest BCUT2D eigenvalue weighted by molar-refractivity contribution is -0.119. The number of amides is 1. The Balaban J connectivity index is 3.26. The molecule has 0 aliphatic carbocycles. The minimum Gasteiger partial charge on any atom is -0.490 e. The quantitative estimate of drug-likeness (QED) is 0.439. The number of benzene rings is 1. The number of carbonyl (C=O) groups excluding carboxylic acids is 1. The lowest BCUT2D eigenvalue weighted by Crippen LogP contribution is -2.20. The zero-order chi connectivity index (χ0) is 14.4. The number of rotatable bonds is 6. The zero-order valence-electron chi connectivity index (χ0n) is 10.0. The van der Waals surface area contributed by atoms with E-state index in [2.05, 4.69) is 37.0 Å². The summed E-state index contributed by atoms with van der Waals surface area (Å²) in [6.07, 6.45) is 1.25. The molecule has 0 radical (unpaired) electrons. The van der Waals surface area contributed by atoms with Crippen molar-refractivity contribution in [3.8, 4) is 11.5 Å². The van der Waals surface area contributed by atoms with Crippen LogP contribution < -0.4 is 15.2 Å². The smallest absolute Gasteiger partial charge is 0.255 e. The molecule has 3 N–H and O–H groups in total. The minimum atomic E-state index is -0.591. The summed E-state index contributed by atoms with van der Waals surface area (Å²) >= 11 is 6.65. The van der Waals surface area contributed by atoms with E-state index in [-0.39, 0.29) is 6.61 Å². The SMILES string of the molecule is CCOc1cc(/C=N/O)c(Br)c(Br)c1OCC(N)=O. The van der Waals surface area contributed by atoms with Crippen LogP contribution >= 0.6 is 31.9 Å². The van der Waals surface area contributed by atoms with Crippen molar-refractivity contribution >= 4 is 44.0 Å². The van der Waals surface area contributed by atoms with Gasteiger partial charge in [-0.25, -0.2) is 0 Å². The zero-order valence-corrected chi connectivity index (χ0v) is 13.2. The van der Waals surface area contributed by atoms with E-state index in [0.29, 0.717) is 32.6 Å². The molecule has 0 fully saturated rings. The van der Waals surface area contributed by atoms with Gasteiger partial charge in [-0.15, -0.1) is 0 Å². The monoisotopic (exact) mass is 394 g/mol. The average molecular weight is 396 g/mol. The molecule has 8 heteroatoms. The summed E-state index contributed by atoms with van der Waals surface area (Å²) in [5, 5.41) is 11.6. The molecule has 0 aliphatic rings. The summed E-state index contributed by atoms with van der Waals surface area (Å²) in [6, 6.07) is 1.62. The van der Waals surface area contributed by atoms with E-state index in [9.17, 15) is 4.79 Å². The van der Waals surface area contributed by atoms with Crippen LogP contribution in [0.1, 0.15) is 12.5 Å². The molecule has 1 aromatic rings. The summed E-state index contributed by atoms with van der Waals surface area (Å²) in [7, 11) is 0. The van der Waals surface area contributed by atoms with Crippen LogP contribution in [-0.4, -0.2) is 30.5 Å². The van der Waals surface area contributed by atoms with E-state index in [0.717, 1.165) is 0 Å². The first kappa shape index (κ1) is 15.8. The van der Waals surface area contributed by atoms with Gasteiger partial charge in [0, 0.05) is 10.0 Å². The normalized spacial score (nSPS) is 10.7. The molecule has 0 spiro atoms. The van der Waals surface area contributed by atoms with Crippen LogP contribution in [-0.2, 0) is 4.79 Å². The van der Waals surface area contributed by atoms with Crippen molar-refractivity contribution in [2.75, 3.05) is 13.2 Å². The Morgan fingerprint density at radius 2 is 2.16 bits per heavy atom. The topological polar surface area (TPSA) is 94.1 Å². The fraction of sp³-hybridized carbons (Fsp3) is 0.273. The number of primary amides is 1. The van der Waals surface area contributed by atoms with Gasteiger partial charge in [-0.05, 0) is 44.8 Å². The molecule has 6 nitrogen and oxygen atoms in total. The van der Waals surface area contributed by atoms with Crippen molar-refractivity contribution in [1.29, 1.82) is 0 Å². The van der Waals surface area contributed by atoms with E-state index in [1.807, 2.05) is 6.92 Å². The van der Waals surface area contributed by atoms with Crippen molar-refractivity contribution in [3.05, 3.63) is 20.6 Å². The van der Waals surface area contributed by atoms with E-state index >= 15 is 0 Å². The predicted molar refractivity (Wildman–Crippen MR) is 77.1 cm³/mol. The number of hydrogen-bond donors (Lipinski definition) is 2. The van der Waals surface area contributed by atoms with E-state index in [1.54, 1.807) is 6.07 Å². The molecule has 0 unspecified atom stereocenters. The van der Waals surface area contributed by atoms with Crippen molar-refractivity contribution < 1.29 is 19.5 Å². The second-order valence-electron chi connectivity index (χ2n) is 3.35. The van der Waals surface area contributed by atoms with Crippen molar-refractivity contribution in [1.82, 2.24) is 0 Å². The maximum absolute atomic E-state index is 10.8. The van der Waals surface area contributed by atoms with Gasteiger partial charge in [-0.3, -0.25) is 4.79 Å². The standard InChI is InChI=1S/C11H12Br2N2O4/c1-2-18-7-3-6(4-15-17)9(12)10(13)11(7)19-5-8(14)16/h3-4,17H,2,5H2,1H3,(H2,14,16)/b15-4+. The second kappa shape index (κ2) is 7.34. The first-order valence-corrected chi connectivity index (χ1v) is 6.83. The third kappa shape index (κ3) is 4.10. The second-order valence-corrected chi connectivity index (χ2v) is 4.94. The number of hydrogen-bond acceptors (Lipinski definition) is 5. The fourth-order valence-corrected chi connectivity index (χ4v) is 2.24. The number of nitrogens with zero attached hydrogens (tertiary/aromatic N) is 1. The molecule has 0 bridgehead atoms. The molecule has 0 aliphatic heterocycles. The van der Waals surface area contributed by atoms with Gasteiger partial charge in [0.25, 0.3) is 5.91 Å². The van der Waals surface area contributed by atoms with E-state index in [4.69, 9.17) is 20.4 Å². The molecular weight excluding hydrogens is 384 g/mol. The summed E-state index contributed by atoms with van der Waals surface area (Å²) in [6.45, 7) is 1.96. The molecule has 1 amide bonds. The van der Waals surface area contributed by atoms with Crippen LogP contribution in [0.3, 0.4) is 0 Å². The van der Waals surface area contributed by atoms with Crippen molar-refractivity contribution in [2.45, 2.75) is 6.92 Å². The Bertz CT molecular complexity index is 506. The van der Waals surface area contributed by atoms with Gasteiger partial charge >= 0.3 is 0 Å². The van der Waals surface area contributed by atoms with Gasteiger partial charge in [-0.1, -0.05) is 5.16 Å². The Labute approximate surface area is 126 Å². The van der Waals surface area contributed by atoms with Gasteiger partial charge in [0.1, 0.15) is 0 Å². The van der Waals surface area contributed by atoms with Gasteiger partial charge in [0.15, 0.2) is 18.1 Å². The van der Waals surface area contributed by atoms with Crippen molar-refractivity contribution in [2.24, 2.45) is 10.9 Å². The highest BCUT2D eigenvalue weighted by Crippen LogP contribution is 2.42. The average Bonchev–Trinajstić information content (AvgIpc) is 2.35. The Kier molecular flexibility index (Phi) is 6.10. The van der Waals surface area contributed by atoms with Crippen LogP contribution in [0.25, 0.3) is 0 Å². The predicted octanol–water partition coefficient (Wildman–Crippen LogP) is 2.28. The summed E-state index contributed by atoms with van der Waals surface area (Å²) in [5.74, 6) is 0.169. The van der Waals surface area contributed by atoms with Crippen LogP contribution in [0, 0.1) is 0 Å². The van der Waals surface area contributed by atoms with Crippen LogP contribution in [0.4, 0.5) is 0 Å². The molecule has 0 saturated carbocycles. The lowest BCUT2D eigenvalue weighted by Gasteiger charge is -2.15. The van der Waals surface area contributed by atoms with Crippen molar-refractivity contribution in [3.63, 3.8) is 0 Å². The van der Waals surface area contributed by atoms with E-state index in [1.165, 1.54) is 6.21 Å². The molecule has 0 heterocycles. The molecule has 0 saturated heterocycles. The Morgan fingerprint density at radius 3 is 2.68 bits per heavy atom. The largest absolute Gasteiger partial charge is 0.490 e.